The fourth-order valence-corrected chi connectivity index (χ4v) is 4.56. The third-order valence-corrected chi connectivity index (χ3v) is 6.77. The highest BCUT2D eigenvalue weighted by molar-refractivity contribution is 7.92. The first kappa shape index (κ1) is 20.0. The van der Waals surface area contributed by atoms with Gasteiger partial charge in [-0.05, 0) is 60.8 Å². The van der Waals surface area contributed by atoms with Gasteiger partial charge in [-0.15, -0.1) is 11.3 Å². The molecule has 28 heavy (non-hydrogen) atoms. The Morgan fingerprint density at radius 2 is 1.82 bits per heavy atom. The number of halogens is 1. The number of carbonyl (C=O) groups excluding carboxylic acids is 1. The number of benzene rings is 2. The minimum atomic E-state index is -3.91. The monoisotopic (exact) mass is 418 g/mol. The second-order valence-corrected chi connectivity index (χ2v) is 8.91. The third-order valence-electron chi connectivity index (χ3n) is 4.34. The molecule has 0 radical (unpaired) electrons. The minimum Gasteiger partial charge on any atom is -0.334 e. The molecule has 1 amide bonds. The zero-order chi connectivity index (χ0) is 20.3. The van der Waals surface area contributed by atoms with E-state index in [2.05, 4.69) is 4.72 Å². The zero-order valence-corrected chi connectivity index (χ0v) is 16.9. The predicted molar refractivity (Wildman–Crippen MR) is 108 cm³/mol. The van der Waals surface area contributed by atoms with Crippen molar-refractivity contribution in [1.29, 1.82) is 0 Å². The van der Waals surface area contributed by atoms with E-state index in [9.17, 15) is 17.6 Å². The highest BCUT2D eigenvalue weighted by Gasteiger charge is 2.22. The molecule has 1 atom stereocenters. The van der Waals surface area contributed by atoms with E-state index < -0.39 is 15.8 Å². The quantitative estimate of drug-likeness (QED) is 0.640. The second-order valence-electron chi connectivity index (χ2n) is 6.25. The molecule has 0 saturated heterocycles. The second kappa shape index (κ2) is 8.12. The van der Waals surface area contributed by atoms with Crippen LogP contribution in [0.2, 0.25) is 0 Å². The normalized spacial score (nSPS) is 12.4. The average Bonchev–Trinajstić information content (AvgIpc) is 3.23. The van der Waals surface area contributed by atoms with Crippen molar-refractivity contribution in [2.45, 2.75) is 17.9 Å². The van der Waals surface area contributed by atoms with E-state index in [0.29, 0.717) is 0 Å². The summed E-state index contributed by atoms with van der Waals surface area (Å²) >= 11 is 1.56. The third kappa shape index (κ3) is 4.40. The van der Waals surface area contributed by atoms with Crippen LogP contribution in [0.15, 0.2) is 70.9 Å². The van der Waals surface area contributed by atoms with Gasteiger partial charge in [-0.1, -0.05) is 12.1 Å². The van der Waals surface area contributed by atoms with Crippen LogP contribution >= 0.6 is 11.3 Å². The summed E-state index contributed by atoms with van der Waals surface area (Å²) in [5, 5.41) is 1.94. The van der Waals surface area contributed by atoms with Crippen molar-refractivity contribution in [3.05, 3.63) is 82.3 Å². The number of hydrogen-bond donors (Lipinski definition) is 1. The molecule has 0 aliphatic heterocycles. The van der Waals surface area contributed by atoms with Gasteiger partial charge in [0.05, 0.1) is 10.9 Å². The summed E-state index contributed by atoms with van der Waals surface area (Å²) in [6.07, 6.45) is 0. The van der Waals surface area contributed by atoms with Crippen molar-refractivity contribution in [2.75, 3.05) is 11.8 Å². The summed E-state index contributed by atoms with van der Waals surface area (Å²) in [5.74, 6) is -0.738. The Morgan fingerprint density at radius 1 is 1.11 bits per heavy atom. The Kier molecular flexibility index (Phi) is 5.81. The van der Waals surface area contributed by atoms with Crippen LogP contribution in [-0.4, -0.2) is 26.3 Å². The smallest absolute Gasteiger partial charge is 0.261 e. The Bertz CT molecular complexity index is 1070. The van der Waals surface area contributed by atoms with Crippen LogP contribution < -0.4 is 4.72 Å². The van der Waals surface area contributed by atoms with Crippen LogP contribution in [0.1, 0.15) is 28.2 Å². The molecule has 146 valence electrons. The van der Waals surface area contributed by atoms with Crippen LogP contribution in [0.5, 0.6) is 0 Å². The maximum atomic E-state index is 13.0. The van der Waals surface area contributed by atoms with E-state index in [0.717, 1.165) is 4.88 Å². The summed E-state index contributed by atoms with van der Waals surface area (Å²) in [6.45, 7) is 1.92. The van der Waals surface area contributed by atoms with Crippen molar-refractivity contribution in [3.8, 4) is 0 Å². The van der Waals surface area contributed by atoms with Gasteiger partial charge in [0.1, 0.15) is 5.82 Å². The predicted octanol–water partition coefficient (Wildman–Crippen LogP) is 4.52. The summed E-state index contributed by atoms with van der Waals surface area (Å²) in [5.41, 5.74) is 0.509. The van der Waals surface area contributed by atoms with Gasteiger partial charge in [0, 0.05) is 23.2 Å². The number of hydrogen-bond acceptors (Lipinski definition) is 4. The first-order valence-electron chi connectivity index (χ1n) is 8.47. The molecule has 0 aliphatic carbocycles. The highest BCUT2D eigenvalue weighted by Crippen LogP contribution is 2.25. The van der Waals surface area contributed by atoms with Gasteiger partial charge in [-0.25, -0.2) is 12.8 Å². The number of carbonyl (C=O) groups is 1. The Labute approximate surface area is 167 Å². The van der Waals surface area contributed by atoms with Gasteiger partial charge >= 0.3 is 0 Å². The van der Waals surface area contributed by atoms with E-state index in [1.807, 2.05) is 24.4 Å². The van der Waals surface area contributed by atoms with Crippen molar-refractivity contribution in [1.82, 2.24) is 4.90 Å². The van der Waals surface area contributed by atoms with Crippen LogP contribution in [0.4, 0.5) is 10.1 Å². The van der Waals surface area contributed by atoms with E-state index in [1.54, 1.807) is 29.4 Å². The molecule has 2 aromatic carbocycles. The van der Waals surface area contributed by atoms with Crippen molar-refractivity contribution >= 4 is 33.0 Å². The van der Waals surface area contributed by atoms with Gasteiger partial charge < -0.3 is 4.90 Å². The highest BCUT2D eigenvalue weighted by atomic mass is 32.2. The van der Waals surface area contributed by atoms with E-state index in [4.69, 9.17) is 0 Å². The summed E-state index contributed by atoms with van der Waals surface area (Å²) < 4.78 is 40.6. The van der Waals surface area contributed by atoms with Crippen LogP contribution in [0.25, 0.3) is 0 Å². The largest absolute Gasteiger partial charge is 0.334 e. The van der Waals surface area contributed by atoms with E-state index in [1.165, 1.54) is 42.5 Å². The van der Waals surface area contributed by atoms with Gasteiger partial charge in [0.2, 0.25) is 0 Å². The Morgan fingerprint density at radius 3 is 2.46 bits per heavy atom. The molecule has 1 unspecified atom stereocenters. The van der Waals surface area contributed by atoms with Gasteiger partial charge in [0.15, 0.2) is 0 Å². The fraction of sp³-hybridized carbons (Fsp3) is 0.150. The molecule has 0 saturated carbocycles. The molecular formula is C20H19FN2O3S2. The van der Waals surface area contributed by atoms with Crippen molar-refractivity contribution in [3.63, 3.8) is 0 Å². The Balaban J connectivity index is 1.82. The fourth-order valence-electron chi connectivity index (χ4n) is 2.63. The van der Waals surface area contributed by atoms with Crippen molar-refractivity contribution < 1.29 is 17.6 Å². The number of amides is 1. The van der Waals surface area contributed by atoms with Gasteiger partial charge in [0.25, 0.3) is 15.9 Å². The van der Waals surface area contributed by atoms with Crippen LogP contribution in [0.3, 0.4) is 0 Å². The molecule has 1 heterocycles. The first-order chi connectivity index (χ1) is 13.3. The van der Waals surface area contributed by atoms with Crippen molar-refractivity contribution in [2.24, 2.45) is 0 Å². The van der Waals surface area contributed by atoms with Crippen LogP contribution in [-0.2, 0) is 10.0 Å². The maximum absolute atomic E-state index is 13.0. The number of nitrogens with one attached hydrogen (secondary N) is 1. The number of nitrogens with zero attached hydrogens (tertiary/aromatic N) is 1. The lowest BCUT2D eigenvalue weighted by Crippen LogP contribution is -2.29. The molecular weight excluding hydrogens is 399 g/mol. The van der Waals surface area contributed by atoms with E-state index >= 15 is 0 Å². The maximum Gasteiger partial charge on any atom is 0.261 e. The van der Waals surface area contributed by atoms with Gasteiger partial charge in [-0.3, -0.25) is 9.52 Å². The number of thiophene rings is 1. The molecule has 3 aromatic rings. The molecule has 3 rings (SSSR count). The number of sulfonamides is 1. The minimum absolute atomic E-state index is 0.0418. The SMILES string of the molecule is CC(c1cccs1)N(C)C(=O)c1cccc(S(=O)(=O)Nc2ccc(F)cc2)c1. The molecule has 8 heteroatoms. The zero-order valence-electron chi connectivity index (χ0n) is 15.3. The molecule has 5 nitrogen and oxygen atoms in total. The standard InChI is InChI=1S/C20H19FN2O3S2/c1-14(19-7-4-12-27-19)23(2)20(24)15-5-3-6-18(13-15)28(25,26)22-17-10-8-16(21)9-11-17/h3-14,22H,1-2H3. The van der Waals surface area contributed by atoms with E-state index in [-0.39, 0.29) is 28.1 Å². The molecule has 0 fully saturated rings. The molecule has 1 aromatic heterocycles. The average molecular weight is 419 g/mol. The topological polar surface area (TPSA) is 66.5 Å². The lowest BCUT2D eigenvalue weighted by molar-refractivity contribution is 0.0744. The van der Waals surface area contributed by atoms with Gasteiger partial charge in [-0.2, -0.15) is 0 Å². The lowest BCUT2D eigenvalue weighted by atomic mass is 10.1. The molecule has 0 spiro atoms. The number of rotatable bonds is 6. The lowest BCUT2D eigenvalue weighted by Gasteiger charge is -2.24. The summed E-state index contributed by atoms with van der Waals surface area (Å²) in [6, 6.07) is 14.6. The van der Waals surface area contributed by atoms with Crippen LogP contribution in [0, 0.1) is 5.82 Å². The first-order valence-corrected chi connectivity index (χ1v) is 10.8. The summed E-state index contributed by atoms with van der Waals surface area (Å²) in [4.78, 5) is 15.4. The Hall–Kier alpha value is -2.71. The number of anilines is 1. The summed E-state index contributed by atoms with van der Waals surface area (Å²) in [7, 11) is -2.23. The molecule has 1 N–H and O–H groups in total. The molecule has 0 aliphatic rings. The molecule has 0 bridgehead atoms.